The smallest absolute Gasteiger partial charge is 0.236 e. The molecule has 0 unspecified atom stereocenters. The molecule has 0 spiro atoms. The van der Waals surface area contributed by atoms with Gasteiger partial charge in [0.25, 0.3) is 0 Å². The van der Waals surface area contributed by atoms with Crippen molar-refractivity contribution in [2.75, 3.05) is 0 Å². The summed E-state index contributed by atoms with van der Waals surface area (Å²) in [6.45, 7) is 3.98. The van der Waals surface area contributed by atoms with Crippen LogP contribution >= 0.6 is 0 Å². The van der Waals surface area contributed by atoms with E-state index >= 15 is 0 Å². The first-order valence-corrected chi connectivity index (χ1v) is 6.69. The summed E-state index contributed by atoms with van der Waals surface area (Å²) in [4.78, 5) is 11.4. The molecule has 0 radical (unpaired) electrons. The molecule has 1 atom stereocenters. The van der Waals surface area contributed by atoms with Crippen LogP contribution in [0, 0.1) is 5.92 Å². The van der Waals surface area contributed by atoms with Crippen molar-refractivity contribution >= 4 is 5.91 Å². The second-order valence-corrected chi connectivity index (χ2v) is 5.16. The summed E-state index contributed by atoms with van der Waals surface area (Å²) in [6.07, 6.45) is 8.81. The number of hydrogen-bond acceptors (Lipinski definition) is 2. The highest BCUT2D eigenvalue weighted by molar-refractivity contribution is 5.81. The van der Waals surface area contributed by atoms with Gasteiger partial charge in [0.05, 0.1) is 6.04 Å². The van der Waals surface area contributed by atoms with Crippen LogP contribution in [0.25, 0.3) is 0 Å². The molecule has 16 heavy (non-hydrogen) atoms. The molecule has 3 nitrogen and oxygen atoms in total. The topological polar surface area (TPSA) is 55.1 Å². The number of hydrogen-bond donors (Lipinski definition) is 2. The third kappa shape index (κ3) is 4.52. The lowest BCUT2D eigenvalue weighted by Crippen LogP contribution is -2.45. The molecule has 94 valence electrons. The van der Waals surface area contributed by atoms with Gasteiger partial charge >= 0.3 is 0 Å². The molecule has 0 aromatic rings. The maximum atomic E-state index is 11.4. The monoisotopic (exact) mass is 226 g/mol. The zero-order valence-electron chi connectivity index (χ0n) is 10.7. The molecule has 1 saturated carbocycles. The second kappa shape index (κ2) is 6.89. The van der Waals surface area contributed by atoms with E-state index in [1.54, 1.807) is 6.92 Å². The van der Waals surface area contributed by atoms with Crippen LogP contribution in [0.2, 0.25) is 0 Å². The van der Waals surface area contributed by atoms with Crippen LogP contribution in [0.5, 0.6) is 0 Å². The highest BCUT2D eigenvalue weighted by Crippen LogP contribution is 2.28. The average molecular weight is 226 g/mol. The summed E-state index contributed by atoms with van der Waals surface area (Å²) in [5, 5.41) is 3.03. The average Bonchev–Trinajstić information content (AvgIpc) is 2.28. The van der Waals surface area contributed by atoms with E-state index in [-0.39, 0.29) is 11.9 Å². The molecule has 1 aliphatic rings. The van der Waals surface area contributed by atoms with Crippen molar-refractivity contribution in [2.45, 2.75) is 70.9 Å². The summed E-state index contributed by atoms with van der Waals surface area (Å²) in [5.41, 5.74) is 5.53. The molecule has 0 aliphatic heterocycles. The van der Waals surface area contributed by atoms with Gasteiger partial charge in [-0.2, -0.15) is 0 Å². The number of amides is 1. The Morgan fingerprint density at radius 2 is 2.00 bits per heavy atom. The van der Waals surface area contributed by atoms with E-state index in [1.165, 1.54) is 32.1 Å². The molecule has 1 aliphatic carbocycles. The normalized spacial score (nSPS) is 27.4. The molecule has 3 heteroatoms. The second-order valence-electron chi connectivity index (χ2n) is 5.16. The van der Waals surface area contributed by atoms with Gasteiger partial charge in [0.2, 0.25) is 5.91 Å². The quantitative estimate of drug-likeness (QED) is 0.755. The lowest BCUT2D eigenvalue weighted by Gasteiger charge is -2.29. The minimum atomic E-state index is -0.377. The standard InChI is InChI=1S/C13H26N2O/c1-3-4-5-11-6-8-12(9-7-11)15-13(16)10(2)14/h10-12H,3-9,14H2,1-2H3,(H,15,16)/t10-,11?,12?/m0/s1. The molecule has 0 aromatic carbocycles. The Kier molecular flexibility index (Phi) is 5.81. The summed E-state index contributed by atoms with van der Waals surface area (Å²) in [7, 11) is 0. The van der Waals surface area contributed by atoms with Crippen LogP contribution in [-0.4, -0.2) is 18.0 Å². The van der Waals surface area contributed by atoms with Crippen molar-refractivity contribution < 1.29 is 4.79 Å². The van der Waals surface area contributed by atoms with Gasteiger partial charge in [0.1, 0.15) is 0 Å². The molecule has 1 amide bonds. The van der Waals surface area contributed by atoms with Crippen LogP contribution in [0.4, 0.5) is 0 Å². The highest BCUT2D eigenvalue weighted by atomic mass is 16.2. The maximum Gasteiger partial charge on any atom is 0.236 e. The SMILES string of the molecule is CCCCC1CCC(NC(=O)[C@H](C)N)CC1. The van der Waals surface area contributed by atoms with Crippen molar-refractivity contribution in [3.8, 4) is 0 Å². The minimum Gasteiger partial charge on any atom is -0.352 e. The molecule has 0 saturated heterocycles. The molecular weight excluding hydrogens is 200 g/mol. The fraction of sp³-hybridized carbons (Fsp3) is 0.923. The van der Waals surface area contributed by atoms with E-state index in [0.29, 0.717) is 6.04 Å². The van der Waals surface area contributed by atoms with Crippen molar-refractivity contribution in [3.05, 3.63) is 0 Å². The number of carbonyl (C=O) groups is 1. The van der Waals surface area contributed by atoms with Gasteiger partial charge in [0, 0.05) is 6.04 Å². The molecule has 1 fully saturated rings. The van der Waals surface area contributed by atoms with Gasteiger partial charge in [-0.25, -0.2) is 0 Å². The predicted octanol–water partition coefficient (Wildman–Crippen LogP) is 2.20. The van der Waals surface area contributed by atoms with Crippen molar-refractivity contribution in [1.29, 1.82) is 0 Å². The van der Waals surface area contributed by atoms with Crippen molar-refractivity contribution in [1.82, 2.24) is 5.32 Å². The first kappa shape index (κ1) is 13.5. The zero-order chi connectivity index (χ0) is 12.0. The molecule has 1 rings (SSSR count). The van der Waals surface area contributed by atoms with Crippen LogP contribution in [-0.2, 0) is 4.79 Å². The summed E-state index contributed by atoms with van der Waals surface area (Å²) in [5.74, 6) is 0.889. The third-order valence-electron chi connectivity index (χ3n) is 3.57. The molecule has 3 N–H and O–H groups in total. The van der Waals surface area contributed by atoms with E-state index in [2.05, 4.69) is 12.2 Å². The van der Waals surface area contributed by atoms with E-state index in [9.17, 15) is 4.79 Å². The van der Waals surface area contributed by atoms with Crippen molar-refractivity contribution in [2.24, 2.45) is 11.7 Å². The lowest BCUT2D eigenvalue weighted by atomic mass is 9.83. The van der Waals surface area contributed by atoms with Gasteiger partial charge in [-0.05, 0) is 38.5 Å². The number of nitrogens with two attached hydrogens (primary N) is 1. The summed E-state index contributed by atoms with van der Waals surface area (Å²) >= 11 is 0. The van der Waals surface area contributed by atoms with Crippen LogP contribution in [0.1, 0.15) is 58.8 Å². The number of rotatable bonds is 5. The van der Waals surface area contributed by atoms with Gasteiger partial charge < -0.3 is 11.1 Å². The van der Waals surface area contributed by atoms with Crippen molar-refractivity contribution in [3.63, 3.8) is 0 Å². The van der Waals surface area contributed by atoms with Crippen LogP contribution in [0.3, 0.4) is 0 Å². The number of unbranched alkanes of at least 4 members (excludes halogenated alkanes) is 1. The fourth-order valence-electron chi connectivity index (χ4n) is 2.42. The maximum absolute atomic E-state index is 11.4. The lowest BCUT2D eigenvalue weighted by molar-refractivity contribution is -0.122. The Hall–Kier alpha value is -0.570. The summed E-state index contributed by atoms with van der Waals surface area (Å²) in [6, 6.07) is -0.00538. The van der Waals surface area contributed by atoms with E-state index in [1.807, 2.05) is 0 Å². The Morgan fingerprint density at radius 1 is 1.38 bits per heavy atom. The van der Waals surface area contributed by atoms with Gasteiger partial charge in [-0.3, -0.25) is 4.79 Å². The fourth-order valence-corrected chi connectivity index (χ4v) is 2.42. The predicted molar refractivity (Wildman–Crippen MR) is 67.1 cm³/mol. The van der Waals surface area contributed by atoms with Gasteiger partial charge in [0.15, 0.2) is 0 Å². The largest absolute Gasteiger partial charge is 0.352 e. The first-order chi connectivity index (χ1) is 7.63. The van der Waals surface area contributed by atoms with E-state index < -0.39 is 0 Å². The first-order valence-electron chi connectivity index (χ1n) is 6.69. The Bertz CT molecular complexity index is 208. The Balaban J connectivity index is 2.19. The van der Waals surface area contributed by atoms with Gasteiger partial charge in [-0.15, -0.1) is 0 Å². The van der Waals surface area contributed by atoms with E-state index in [4.69, 9.17) is 5.73 Å². The minimum absolute atomic E-state index is 0.00277. The third-order valence-corrected chi connectivity index (χ3v) is 3.57. The summed E-state index contributed by atoms with van der Waals surface area (Å²) < 4.78 is 0. The van der Waals surface area contributed by atoms with Gasteiger partial charge in [-0.1, -0.05) is 26.2 Å². The number of carbonyl (C=O) groups excluding carboxylic acids is 1. The highest BCUT2D eigenvalue weighted by Gasteiger charge is 2.22. The van der Waals surface area contributed by atoms with E-state index in [0.717, 1.165) is 18.8 Å². The molecule has 0 heterocycles. The van der Waals surface area contributed by atoms with Crippen LogP contribution in [0.15, 0.2) is 0 Å². The number of nitrogens with one attached hydrogen (secondary N) is 1. The molecule has 0 bridgehead atoms. The zero-order valence-corrected chi connectivity index (χ0v) is 10.7. The molecule has 0 aromatic heterocycles. The molecular formula is C13H26N2O. The van der Waals surface area contributed by atoms with Crippen LogP contribution < -0.4 is 11.1 Å². The Morgan fingerprint density at radius 3 is 2.50 bits per heavy atom. The Labute approximate surface area is 99.2 Å².